The molecule has 0 aromatic rings. The Morgan fingerprint density at radius 1 is 1.40 bits per heavy atom. The summed E-state index contributed by atoms with van der Waals surface area (Å²) in [5.41, 5.74) is 0. The zero-order valence-corrected chi connectivity index (χ0v) is 9.11. The van der Waals surface area contributed by atoms with Crippen LogP contribution in [0.4, 0.5) is 0 Å². The second-order valence-corrected chi connectivity index (χ2v) is 4.49. The second kappa shape index (κ2) is 4.94. The summed E-state index contributed by atoms with van der Waals surface area (Å²) < 4.78 is 0. The smallest absolute Gasteiger partial charge is 0.240 e. The quantitative estimate of drug-likeness (QED) is 0.698. The van der Waals surface area contributed by atoms with Crippen LogP contribution >= 0.6 is 0 Å². The first kappa shape index (κ1) is 10.9. The van der Waals surface area contributed by atoms with Gasteiger partial charge in [0.15, 0.2) is 0 Å². The van der Waals surface area contributed by atoms with E-state index in [4.69, 9.17) is 5.11 Å². The predicted octanol–water partition coefficient (Wildman–Crippen LogP) is 0.112. The summed E-state index contributed by atoms with van der Waals surface area (Å²) in [5, 5.41) is 12.0. The Bertz CT molecular complexity index is 225. The zero-order chi connectivity index (χ0) is 10.7. The normalized spacial score (nSPS) is 28.7. The SMILES string of the molecule is O=C1C(CCO)NCCN1C1CCCC1. The van der Waals surface area contributed by atoms with E-state index in [2.05, 4.69) is 5.32 Å². The Labute approximate surface area is 90.6 Å². The average Bonchev–Trinajstić information content (AvgIpc) is 2.74. The standard InChI is InChI=1S/C11H20N2O2/c14-8-5-10-11(15)13(7-6-12-10)9-3-1-2-4-9/h9-10,12,14H,1-8H2. The van der Waals surface area contributed by atoms with Gasteiger partial charge in [-0.3, -0.25) is 4.79 Å². The number of piperazine rings is 1. The van der Waals surface area contributed by atoms with Crippen LogP contribution in [0.1, 0.15) is 32.1 Å². The van der Waals surface area contributed by atoms with Crippen molar-refractivity contribution in [3.63, 3.8) is 0 Å². The number of hydrogen-bond donors (Lipinski definition) is 2. The van der Waals surface area contributed by atoms with Crippen molar-refractivity contribution in [3.8, 4) is 0 Å². The van der Waals surface area contributed by atoms with E-state index in [0.717, 1.165) is 25.9 Å². The van der Waals surface area contributed by atoms with Gasteiger partial charge in [-0.15, -0.1) is 0 Å². The molecule has 1 amide bonds. The molecule has 1 saturated heterocycles. The predicted molar refractivity (Wildman–Crippen MR) is 57.5 cm³/mol. The van der Waals surface area contributed by atoms with Crippen LogP contribution < -0.4 is 5.32 Å². The molecular formula is C11H20N2O2. The molecule has 86 valence electrons. The van der Waals surface area contributed by atoms with E-state index in [1.54, 1.807) is 0 Å². The Balaban J connectivity index is 1.95. The van der Waals surface area contributed by atoms with E-state index in [0.29, 0.717) is 12.5 Å². The molecule has 0 aromatic carbocycles. The lowest BCUT2D eigenvalue weighted by Crippen LogP contribution is -2.57. The summed E-state index contributed by atoms with van der Waals surface area (Å²) in [5.74, 6) is 0.196. The van der Waals surface area contributed by atoms with Crippen LogP contribution in [0.5, 0.6) is 0 Å². The Kier molecular flexibility index (Phi) is 3.59. The van der Waals surface area contributed by atoms with Gasteiger partial charge in [0.2, 0.25) is 5.91 Å². The molecule has 2 rings (SSSR count). The summed E-state index contributed by atoms with van der Waals surface area (Å²) in [6, 6.07) is 0.324. The number of aliphatic hydroxyl groups excluding tert-OH is 1. The summed E-state index contributed by atoms with van der Waals surface area (Å²) in [6.45, 7) is 1.79. The van der Waals surface area contributed by atoms with Gasteiger partial charge in [0.25, 0.3) is 0 Å². The van der Waals surface area contributed by atoms with Crippen LogP contribution in [0.15, 0.2) is 0 Å². The number of nitrogens with one attached hydrogen (secondary N) is 1. The molecule has 0 radical (unpaired) electrons. The highest BCUT2D eigenvalue weighted by molar-refractivity contribution is 5.83. The van der Waals surface area contributed by atoms with E-state index in [9.17, 15) is 4.79 Å². The van der Waals surface area contributed by atoms with E-state index in [1.165, 1.54) is 12.8 Å². The lowest BCUT2D eigenvalue weighted by Gasteiger charge is -2.37. The van der Waals surface area contributed by atoms with E-state index in [1.807, 2.05) is 4.90 Å². The molecule has 1 saturated carbocycles. The molecule has 1 unspecified atom stereocenters. The van der Waals surface area contributed by atoms with Gasteiger partial charge in [0, 0.05) is 25.7 Å². The van der Waals surface area contributed by atoms with Gasteiger partial charge in [0.05, 0.1) is 6.04 Å². The molecule has 0 spiro atoms. The topological polar surface area (TPSA) is 52.6 Å². The maximum absolute atomic E-state index is 12.1. The maximum Gasteiger partial charge on any atom is 0.240 e. The van der Waals surface area contributed by atoms with Crippen LogP contribution in [0, 0.1) is 0 Å². The molecule has 4 nitrogen and oxygen atoms in total. The van der Waals surface area contributed by atoms with Crippen LogP contribution in [0.25, 0.3) is 0 Å². The van der Waals surface area contributed by atoms with Crippen molar-refractivity contribution in [1.82, 2.24) is 10.2 Å². The number of carbonyl (C=O) groups is 1. The zero-order valence-electron chi connectivity index (χ0n) is 9.11. The van der Waals surface area contributed by atoms with E-state index < -0.39 is 0 Å². The Morgan fingerprint density at radius 2 is 2.13 bits per heavy atom. The molecule has 1 heterocycles. The second-order valence-electron chi connectivity index (χ2n) is 4.49. The van der Waals surface area contributed by atoms with Crippen molar-refractivity contribution in [1.29, 1.82) is 0 Å². The molecule has 1 atom stereocenters. The highest BCUT2D eigenvalue weighted by atomic mass is 16.3. The van der Waals surface area contributed by atoms with E-state index in [-0.39, 0.29) is 18.6 Å². The molecular weight excluding hydrogens is 192 g/mol. The fourth-order valence-corrected chi connectivity index (χ4v) is 2.69. The number of hydrogen-bond acceptors (Lipinski definition) is 3. The van der Waals surface area contributed by atoms with Gasteiger partial charge >= 0.3 is 0 Å². The highest BCUT2D eigenvalue weighted by Crippen LogP contribution is 2.24. The minimum absolute atomic E-state index is 0.0852. The number of aliphatic hydroxyl groups is 1. The van der Waals surface area contributed by atoms with E-state index >= 15 is 0 Å². The first-order valence-corrected chi connectivity index (χ1v) is 5.97. The largest absolute Gasteiger partial charge is 0.396 e. The molecule has 2 fully saturated rings. The van der Waals surface area contributed by atoms with Crippen LogP contribution in [0.3, 0.4) is 0 Å². The number of carbonyl (C=O) groups excluding carboxylic acids is 1. The number of rotatable bonds is 3. The van der Waals surface area contributed by atoms with Crippen molar-refractivity contribution in [2.45, 2.75) is 44.2 Å². The van der Waals surface area contributed by atoms with Gasteiger partial charge in [-0.25, -0.2) is 0 Å². The Morgan fingerprint density at radius 3 is 2.80 bits per heavy atom. The summed E-state index contributed by atoms with van der Waals surface area (Å²) in [7, 11) is 0. The highest BCUT2D eigenvalue weighted by Gasteiger charge is 2.33. The minimum Gasteiger partial charge on any atom is -0.396 e. The fourth-order valence-electron chi connectivity index (χ4n) is 2.69. The monoisotopic (exact) mass is 212 g/mol. The number of nitrogens with zero attached hydrogens (tertiary/aromatic N) is 1. The molecule has 4 heteroatoms. The Hall–Kier alpha value is -0.610. The van der Waals surface area contributed by atoms with Gasteiger partial charge in [0.1, 0.15) is 0 Å². The minimum atomic E-state index is -0.149. The first-order chi connectivity index (χ1) is 7.33. The van der Waals surface area contributed by atoms with Crippen LogP contribution in [0.2, 0.25) is 0 Å². The van der Waals surface area contributed by atoms with Gasteiger partial charge < -0.3 is 15.3 Å². The lowest BCUT2D eigenvalue weighted by molar-refractivity contribution is -0.138. The molecule has 2 aliphatic rings. The van der Waals surface area contributed by atoms with Crippen molar-refractivity contribution >= 4 is 5.91 Å². The fraction of sp³-hybridized carbons (Fsp3) is 0.909. The van der Waals surface area contributed by atoms with Crippen molar-refractivity contribution in [2.75, 3.05) is 19.7 Å². The van der Waals surface area contributed by atoms with Crippen molar-refractivity contribution < 1.29 is 9.90 Å². The molecule has 0 aromatic heterocycles. The molecule has 0 bridgehead atoms. The third-order valence-corrected chi connectivity index (χ3v) is 3.51. The summed E-state index contributed by atoms with van der Waals surface area (Å²) in [6.07, 6.45) is 5.39. The van der Waals surface area contributed by atoms with Crippen molar-refractivity contribution in [2.24, 2.45) is 0 Å². The maximum atomic E-state index is 12.1. The molecule has 15 heavy (non-hydrogen) atoms. The molecule has 2 N–H and O–H groups in total. The lowest BCUT2D eigenvalue weighted by atomic mass is 10.1. The van der Waals surface area contributed by atoms with Gasteiger partial charge in [-0.05, 0) is 19.3 Å². The third kappa shape index (κ3) is 2.32. The van der Waals surface area contributed by atoms with Crippen LogP contribution in [-0.4, -0.2) is 47.7 Å². The van der Waals surface area contributed by atoms with Gasteiger partial charge in [-0.1, -0.05) is 12.8 Å². The first-order valence-electron chi connectivity index (χ1n) is 5.97. The molecule has 1 aliphatic carbocycles. The number of amides is 1. The third-order valence-electron chi connectivity index (χ3n) is 3.51. The average molecular weight is 212 g/mol. The summed E-state index contributed by atoms with van der Waals surface area (Å²) >= 11 is 0. The van der Waals surface area contributed by atoms with Crippen LogP contribution in [-0.2, 0) is 4.79 Å². The van der Waals surface area contributed by atoms with Gasteiger partial charge in [-0.2, -0.15) is 0 Å². The van der Waals surface area contributed by atoms with Crippen molar-refractivity contribution in [3.05, 3.63) is 0 Å². The molecule has 1 aliphatic heterocycles. The summed E-state index contributed by atoms with van der Waals surface area (Å²) in [4.78, 5) is 14.1.